The smallest absolute Gasteiger partial charge is 0.138 e. The summed E-state index contributed by atoms with van der Waals surface area (Å²) in [6.45, 7) is 0. The van der Waals surface area contributed by atoms with E-state index in [1.165, 1.54) is 11.1 Å². The van der Waals surface area contributed by atoms with Gasteiger partial charge in [-0.3, -0.25) is 0 Å². The van der Waals surface area contributed by atoms with Gasteiger partial charge in [-0.05, 0) is 91.9 Å². The number of rotatable bonds is 1. The van der Waals surface area contributed by atoms with Gasteiger partial charge >= 0.3 is 0 Å². The Hall–Kier alpha value is -1.52. The molecule has 0 amide bonds. The second-order valence-electron chi connectivity index (χ2n) is 6.20. The Morgan fingerprint density at radius 2 is 1.00 bits per heavy atom. The molecule has 0 heterocycles. The zero-order chi connectivity index (χ0) is 16.8. The van der Waals surface area contributed by atoms with Gasteiger partial charge in [0.05, 0.1) is 8.95 Å². The summed E-state index contributed by atoms with van der Waals surface area (Å²) in [5.74, 6) is 0.406. The molecule has 0 atom stereocenters. The normalized spacial score (nSPS) is 15.2. The minimum Gasteiger partial charge on any atom is -0.506 e. The van der Waals surface area contributed by atoms with Crippen LogP contribution in [0.1, 0.15) is 22.3 Å². The van der Waals surface area contributed by atoms with Gasteiger partial charge in [0, 0.05) is 11.1 Å². The van der Waals surface area contributed by atoms with E-state index in [0.29, 0.717) is 8.95 Å². The van der Waals surface area contributed by atoms with E-state index >= 15 is 0 Å². The van der Waals surface area contributed by atoms with Crippen LogP contribution in [-0.2, 0) is 25.7 Å². The van der Waals surface area contributed by atoms with E-state index in [4.69, 9.17) is 0 Å². The Bertz CT molecular complexity index is 835. The molecule has 0 unspecified atom stereocenters. The molecule has 24 heavy (non-hydrogen) atoms. The van der Waals surface area contributed by atoms with Crippen molar-refractivity contribution in [3.05, 3.63) is 67.6 Å². The van der Waals surface area contributed by atoms with E-state index in [-0.39, 0.29) is 11.5 Å². The molecule has 4 heteroatoms. The number of phenols is 2. The molecule has 0 bridgehead atoms. The number of hydrogen-bond acceptors (Lipinski definition) is 2. The fraction of sp³-hybridized carbons (Fsp3) is 0.200. The number of allylic oxidation sites excluding steroid dienone is 4. The monoisotopic (exact) mass is 446 g/mol. The molecule has 2 N–H and O–H groups in total. The summed E-state index contributed by atoms with van der Waals surface area (Å²) >= 11 is 6.96. The maximum Gasteiger partial charge on any atom is 0.138 e. The quantitative estimate of drug-likeness (QED) is 0.558. The summed E-state index contributed by atoms with van der Waals surface area (Å²) in [7, 11) is 0. The average Bonchev–Trinajstić information content (AvgIpc) is 2.58. The molecular formula is C20H16Br2O2. The minimum absolute atomic E-state index is 0.203. The van der Waals surface area contributed by atoms with Crippen LogP contribution in [0, 0.1) is 0 Å². The van der Waals surface area contributed by atoms with Crippen molar-refractivity contribution < 1.29 is 10.2 Å². The topological polar surface area (TPSA) is 40.5 Å². The SMILES string of the molecule is Oc1c(Br)cc2c(c1-c1c(O)c(Br)cc3c1CC=CC3)CC=CC2. The van der Waals surface area contributed by atoms with Gasteiger partial charge in [-0.15, -0.1) is 0 Å². The minimum atomic E-state index is 0.203. The lowest BCUT2D eigenvalue weighted by Gasteiger charge is -2.24. The van der Waals surface area contributed by atoms with Gasteiger partial charge in [-0.25, -0.2) is 0 Å². The summed E-state index contributed by atoms with van der Waals surface area (Å²) in [5, 5.41) is 21.6. The largest absolute Gasteiger partial charge is 0.506 e. The van der Waals surface area contributed by atoms with Crippen LogP contribution in [0.3, 0.4) is 0 Å². The number of aromatic hydroxyl groups is 2. The highest BCUT2D eigenvalue weighted by Gasteiger charge is 2.26. The van der Waals surface area contributed by atoms with E-state index in [2.05, 4.69) is 56.2 Å². The van der Waals surface area contributed by atoms with Gasteiger partial charge < -0.3 is 10.2 Å². The van der Waals surface area contributed by atoms with E-state index in [1.54, 1.807) is 0 Å². The molecule has 0 spiro atoms. The van der Waals surface area contributed by atoms with Crippen molar-refractivity contribution in [1.29, 1.82) is 0 Å². The zero-order valence-electron chi connectivity index (χ0n) is 12.9. The van der Waals surface area contributed by atoms with Crippen molar-refractivity contribution in [3.8, 4) is 22.6 Å². The molecular weight excluding hydrogens is 432 g/mol. The summed E-state index contributed by atoms with van der Waals surface area (Å²) in [4.78, 5) is 0. The highest BCUT2D eigenvalue weighted by atomic mass is 79.9. The van der Waals surface area contributed by atoms with Gasteiger partial charge in [0.2, 0.25) is 0 Å². The number of halogens is 2. The lowest BCUT2D eigenvalue weighted by molar-refractivity contribution is 0.464. The number of phenolic OH excluding ortho intramolecular Hbond substituents is 2. The van der Waals surface area contributed by atoms with Crippen LogP contribution in [0.4, 0.5) is 0 Å². The first-order valence-electron chi connectivity index (χ1n) is 7.94. The van der Waals surface area contributed by atoms with Crippen LogP contribution in [-0.4, -0.2) is 10.2 Å². The van der Waals surface area contributed by atoms with Crippen molar-refractivity contribution in [2.24, 2.45) is 0 Å². The molecule has 0 aromatic heterocycles. The lowest BCUT2D eigenvalue weighted by Crippen LogP contribution is -2.06. The molecule has 2 aliphatic rings. The fourth-order valence-corrected chi connectivity index (χ4v) is 4.60. The average molecular weight is 448 g/mol. The zero-order valence-corrected chi connectivity index (χ0v) is 16.1. The van der Waals surface area contributed by atoms with Crippen LogP contribution in [0.2, 0.25) is 0 Å². The third-order valence-corrected chi connectivity index (χ3v) is 6.02. The van der Waals surface area contributed by atoms with Crippen molar-refractivity contribution >= 4 is 31.9 Å². The predicted molar refractivity (Wildman–Crippen MR) is 104 cm³/mol. The second-order valence-corrected chi connectivity index (χ2v) is 7.91. The highest BCUT2D eigenvalue weighted by Crippen LogP contribution is 2.49. The summed E-state index contributed by atoms with van der Waals surface area (Å²) in [6.07, 6.45) is 11.8. The van der Waals surface area contributed by atoms with Gasteiger partial charge in [0.25, 0.3) is 0 Å². The van der Waals surface area contributed by atoms with Crippen LogP contribution >= 0.6 is 31.9 Å². The molecule has 4 rings (SSSR count). The van der Waals surface area contributed by atoms with E-state index in [0.717, 1.165) is 47.9 Å². The summed E-state index contributed by atoms with van der Waals surface area (Å²) in [6, 6.07) is 3.97. The Morgan fingerprint density at radius 1 is 0.625 bits per heavy atom. The molecule has 122 valence electrons. The van der Waals surface area contributed by atoms with E-state index < -0.39 is 0 Å². The lowest BCUT2D eigenvalue weighted by atomic mass is 9.83. The van der Waals surface area contributed by atoms with Crippen molar-refractivity contribution in [1.82, 2.24) is 0 Å². The van der Waals surface area contributed by atoms with Crippen molar-refractivity contribution in [2.75, 3.05) is 0 Å². The van der Waals surface area contributed by atoms with Gasteiger partial charge in [0.15, 0.2) is 0 Å². The number of hydrogen-bond donors (Lipinski definition) is 2. The fourth-order valence-electron chi connectivity index (χ4n) is 3.65. The van der Waals surface area contributed by atoms with Gasteiger partial charge in [0.1, 0.15) is 11.5 Å². The molecule has 2 aromatic carbocycles. The van der Waals surface area contributed by atoms with Crippen molar-refractivity contribution in [2.45, 2.75) is 25.7 Å². The predicted octanol–water partition coefficient (Wildman–Crippen LogP) is 5.60. The highest BCUT2D eigenvalue weighted by molar-refractivity contribution is 9.11. The maximum absolute atomic E-state index is 10.8. The molecule has 0 fully saturated rings. The second kappa shape index (κ2) is 6.08. The van der Waals surface area contributed by atoms with Crippen molar-refractivity contribution in [3.63, 3.8) is 0 Å². The van der Waals surface area contributed by atoms with Gasteiger partial charge in [-0.1, -0.05) is 24.3 Å². The Morgan fingerprint density at radius 3 is 1.42 bits per heavy atom. The Kier molecular flexibility index (Phi) is 4.05. The van der Waals surface area contributed by atoms with E-state index in [9.17, 15) is 10.2 Å². The van der Waals surface area contributed by atoms with E-state index in [1.807, 2.05) is 12.1 Å². The summed E-state index contributed by atoms with van der Waals surface area (Å²) < 4.78 is 1.34. The van der Waals surface area contributed by atoms with Crippen LogP contribution in [0.25, 0.3) is 11.1 Å². The first-order valence-corrected chi connectivity index (χ1v) is 9.53. The third kappa shape index (κ3) is 2.44. The van der Waals surface area contributed by atoms with Gasteiger partial charge in [-0.2, -0.15) is 0 Å². The van der Waals surface area contributed by atoms with Crippen LogP contribution in [0.5, 0.6) is 11.5 Å². The Balaban J connectivity index is 2.09. The molecule has 0 saturated heterocycles. The standard InChI is InChI=1S/C20H16Br2O2/c21-15-9-11-5-1-3-7-13(11)17(19(15)23)18-14-8-4-2-6-12(14)10-16(22)20(18)24/h1-4,9-10,23-24H,5-8H2. The third-order valence-electron chi connectivity index (χ3n) is 4.81. The molecule has 0 saturated carbocycles. The summed E-state index contributed by atoms with van der Waals surface area (Å²) in [5.41, 5.74) is 6.10. The van der Waals surface area contributed by atoms with Crippen LogP contribution < -0.4 is 0 Å². The van der Waals surface area contributed by atoms with Crippen LogP contribution in [0.15, 0.2) is 45.4 Å². The number of benzene rings is 2. The molecule has 2 nitrogen and oxygen atoms in total. The molecule has 0 aliphatic heterocycles. The molecule has 2 aromatic rings. The first kappa shape index (κ1) is 16.0. The molecule has 2 aliphatic carbocycles. The molecule has 0 radical (unpaired) electrons. The number of fused-ring (bicyclic) bond motifs is 2. The Labute approximate surface area is 157 Å². The first-order chi connectivity index (χ1) is 11.6. The maximum atomic E-state index is 10.8.